The second-order valence-electron chi connectivity index (χ2n) is 6.14. The molecule has 110 valence electrons. The van der Waals surface area contributed by atoms with Crippen molar-refractivity contribution in [2.24, 2.45) is 0 Å². The first-order valence-electron chi connectivity index (χ1n) is 7.64. The molecule has 4 heteroatoms. The highest BCUT2D eigenvalue weighted by atomic mass is 79.9. The number of nitrogens with one attached hydrogen (secondary N) is 1. The molecule has 0 amide bonds. The van der Waals surface area contributed by atoms with E-state index in [1.165, 1.54) is 44.2 Å². The number of halogens is 2. The third kappa shape index (κ3) is 3.15. The van der Waals surface area contributed by atoms with Gasteiger partial charge < -0.3 is 10.2 Å². The minimum atomic E-state index is 0.328. The monoisotopic (exact) mass is 356 g/mol. The summed E-state index contributed by atoms with van der Waals surface area (Å²) in [5.74, 6) is 0. The van der Waals surface area contributed by atoms with E-state index in [1.807, 2.05) is 0 Å². The van der Waals surface area contributed by atoms with Crippen molar-refractivity contribution in [2.45, 2.75) is 44.1 Å². The van der Waals surface area contributed by atoms with Crippen LogP contribution in [-0.2, 0) is 0 Å². The van der Waals surface area contributed by atoms with Gasteiger partial charge in [0.1, 0.15) is 0 Å². The maximum absolute atomic E-state index is 6.26. The van der Waals surface area contributed by atoms with Crippen molar-refractivity contribution in [1.29, 1.82) is 0 Å². The van der Waals surface area contributed by atoms with Crippen molar-refractivity contribution in [3.63, 3.8) is 0 Å². The molecule has 20 heavy (non-hydrogen) atoms. The normalized spacial score (nSPS) is 22.8. The summed E-state index contributed by atoms with van der Waals surface area (Å²) in [4.78, 5) is 2.52. The van der Waals surface area contributed by atoms with E-state index >= 15 is 0 Å². The second kappa shape index (κ2) is 6.25. The zero-order valence-corrected chi connectivity index (χ0v) is 14.1. The topological polar surface area (TPSA) is 15.3 Å². The quantitative estimate of drug-likeness (QED) is 0.790. The average molecular weight is 358 g/mol. The summed E-state index contributed by atoms with van der Waals surface area (Å²) in [5, 5.41) is 4.64. The smallest absolute Gasteiger partial charge is 0.0568 e. The second-order valence-corrected chi connectivity index (χ2v) is 7.40. The van der Waals surface area contributed by atoms with Crippen LogP contribution in [0.1, 0.15) is 38.5 Å². The molecular formula is C16H22BrClN2. The van der Waals surface area contributed by atoms with Crippen molar-refractivity contribution < 1.29 is 0 Å². The molecule has 1 heterocycles. The van der Waals surface area contributed by atoms with E-state index < -0.39 is 0 Å². The Bertz CT molecular complexity index is 472. The highest BCUT2D eigenvalue weighted by Gasteiger charge is 2.34. The predicted molar refractivity (Wildman–Crippen MR) is 89.8 cm³/mol. The highest BCUT2D eigenvalue weighted by molar-refractivity contribution is 9.10. The zero-order valence-electron chi connectivity index (χ0n) is 11.8. The first-order valence-corrected chi connectivity index (χ1v) is 8.81. The molecule has 1 aromatic carbocycles. The molecule has 0 atom stereocenters. The van der Waals surface area contributed by atoms with Crippen LogP contribution >= 0.6 is 27.5 Å². The van der Waals surface area contributed by atoms with Gasteiger partial charge in [0.25, 0.3) is 0 Å². The Morgan fingerprint density at radius 3 is 2.70 bits per heavy atom. The van der Waals surface area contributed by atoms with Gasteiger partial charge in [-0.05, 0) is 59.9 Å². The molecule has 1 aliphatic carbocycles. The summed E-state index contributed by atoms with van der Waals surface area (Å²) in [6, 6.07) is 6.33. The van der Waals surface area contributed by atoms with Crippen LogP contribution in [0.5, 0.6) is 0 Å². The van der Waals surface area contributed by atoms with E-state index in [0.717, 1.165) is 29.1 Å². The molecule has 1 N–H and O–H groups in total. The van der Waals surface area contributed by atoms with Crippen LogP contribution in [0.4, 0.5) is 5.69 Å². The zero-order chi connectivity index (χ0) is 14.0. The fourth-order valence-electron chi connectivity index (χ4n) is 3.59. The molecule has 2 aliphatic rings. The Labute approximate surface area is 135 Å². The Kier molecular flexibility index (Phi) is 4.58. The fourth-order valence-corrected chi connectivity index (χ4v) is 4.01. The number of rotatable bonds is 1. The van der Waals surface area contributed by atoms with Crippen molar-refractivity contribution in [2.75, 3.05) is 24.5 Å². The summed E-state index contributed by atoms with van der Waals surface area (Å²) < 4.78 is 0.975. The van der Waals surface area contributed by atoms with Crippen LogP contribution in [0.15, 0.2) is 22.7 Å². The van der Waals surface area contributed by atoms with Gasteiger partial charge in [-0.1, -0.05) is 30.9 Å². The minimum Gasteiger partial charge on any atom is -0.370 e. The lowest BCUT2D eigenvalue weighted by atomic mass is 9.81. The highest BCUT2D eigenvalue weighted by Crippen LogP contribution is 2.33. The van der Waals surface area contributed by atoms with Gasteiger partial charge in [-0.25, -0.2) is 0 Å². The SMILES string of the molecule is Clc1cc(N2CCCNC3(CCCCC3)C2)ccc1Br. The van der Waals surface area contributed by atoms with Crippen molar-refractivity contribution in [1.82, 2.24) is 5.32 Å². The molecule has 2 nitrogen and oxygen atoms in total. The number of anilines is 1. The standard InChI is InChI=1S/C16H22BrClN2/c17-14-6-5-13(11-15(14)18)20-10-4-9-19-16(12-20)7-2-1-3-8-16/h5-6,11,19H,1-4,7-10,12H2. The molecule has 0 bridgehead atoms. The van der Waals surface area contributed by atoms with Crippen molar-refractivity contribution in [3.05, 3.63) is 27.7 Å². The summed E-state index contributed by atoms with van der Waals surface area (Å²) in [5.41, 5.74) is 1.58. The van der Waals surface area contributed by atoms with Crippen LogP contribution < -0.4 is 10.2 Å². The Morgan fingerprint density at radius 1 is 1.15 bits per heavy atom. The van der Waals surface area contributed by atoms with Crippen LogP contribution in [-0.4, -0.2) is 25.2 Å². The van der Waals surface area contributed by atoms with Crippen LogP contribution in [0.3, 0.4) is 0 Å². The minimum absolute atomic E-state index is 0.328. The van der Waals surface area contributed by atoms with E-state index in [9.17, 15) is 0 Å². The fraction of sp³-hybridized carbons (Fsp3) is 0.625. The number of benzene rings is 1. The van der Waals surface area contributed by atoms with Gasteiger partial charge in [0.15, 0.2) is 0 Å². The van der Waals surface area contributed by atoms with Gasteiger partial charge in [0, 0.05) is 28.8 Å². The maximum atomic E-state index is 6.26. The molecule has 1 spiro atoms. The van der Waals surface area contributed by atoms with Crippen LogP contribution in [0.2, 0.25) is 5.02 Å². The van der Waals surface area contributed by atoms with E-state index in [2.05, 4.69) is 44.3 Å². The Balaban J connectivity index is 1.82. The molecule has 1 aliphatic heterocycles. The van der Waals surface area contributed by atoms with Crippen LogP contribution in [0.25, 0.3) is 0 Å². The Hall–Kier alpha value is -0.250. The maximum Gasteiger partial charge on any atom is 0.0568 e. The summed E-state index contributed by atoms with van der Waals surface area (Å²) in [6.07, 6.45) is 7.95. The number of hydrogen-bond donors (Lipinski definition) is 1. The lowest BCUT2D eigenvalue weighted by Gasteiger charge is -2.40. The van der Waals surface area contributed by atoms with E-state index in [1.54, 1.807) is 0 Å². The molecule has 0 radical (unpaired) electrons. The van der Waals surface area contributed by atoms with E-state index in [-0.39, 0.29) is 0 Å². The largest absolute Gasteiger partial charge is 0.370 e. The van der Waals surface area contributed by atoms with Gasteiger partial charge in [-0.2, -0.15) is 0 Å². The molecule has 0 aromatic heterocycles. The van der Waals surface area contributed by atoms with E-state index in [0.29, 0.717) is 5.54 Å². The Morgan fingerprint density at radius 2 is 1.95 bits per heavy atom. The lowest BCUT2D eigenvalue weighted by molar-refractivity contribution is 0.246. The summed E-state index contributed by atoms with van der Waals surface area (Å²) in [6.45, 7) is 3.37. The molecule has 2 fully saturated rings. The first-order chi connectivity index (χ1) is 9.69. The number of nitrogens with zero attached hydrogens (tertiary/aromatic N) is 1. The predicted octanol–water partition coefficient (Wildman–Crippen LogP) is 4.61. The molecule has 1 saturated carbocycles. The van der Waals surface area contributed by atoms with Gasteiger partial charge in [0.2, 0.25) is 0 Å². The number of hydrogen-bond acceptors (Lipinski definition) is 2. The van der Waals surface area contributed by atoms with E-state index in [4.69, 9.17) is 11.6 Å². The first kappa shape index (κ1) is 14.7. The summed E-state index contributed by atoms with van der Waals surface area (Å²) >= 11 is 9.74. The lowest BCUT2D eigenvalue weighted by Crippen LogP contribution is -2.52. The molecular weight excluding hydrogens is 336 g/mol. The van der Waals surface area contributed by atoms with Crippen molar-refractivity contribution in [3.8, 4) is 0 Å². The molecule has 1 saturated heterocycles. The molecule has 1 aromatic rings. The van der Waals surface area contributed by atoms with Gasteiger partial charge in [-0.3, -0.25) is 0 Å². The average Bonchev–Trinajstić information content (AvgIpc) is 2.66. The van der Waals surface area contributed by atoms with Gasteiger partial charge in [0.05, 0.1) is 5.02 Å². The van der Waals surface area contributed by atoms with Gasteiger partial charge in [-0.15, -0.1) is 0 Å². The van der Waals surface area contributed by atoms with Gasteiger partial charge >= 0.3 is 0 Å². The molecule has 3 rings (SSSR count). The third-order valence-electron chi connectivity index (χ3n) is 4.68. The third-order valence-corrected chi connectivity index (χ3v) is 5.91. The summed E-state index contributed by atoms with van der Waals surface area (Å²) in [7, 11) is 0. The van der Waals surface area contributed by atoms with Crippen molar-refractivity contribution >= 4 is 33.2 Å². The van der Waals surface area contributed by atoms with Crippen LogP contribution in [0, 0.1) is 0 Å². The molecule has 0 unspecified atom stereocenters.